The molecular weight excluding hydrogens is 270 g/mol. The van der Waals surface area contributed by atoms with Crippen molar-refractivity contribution < 1.29 is 8.42 Å². The van der Waals surface area contributed by atoms with Crippen molar-refractivity contribution in [2.45, 2.75) is 6.92 Å². The Morgan fingerprint density at radius 2 is 2.06 bits per heavy atom. The summed E-state index contributed by atoms with van der Waals surface area (Å²) in [6.07, 6.45) is 0. The van der Waals surface area contributed by atoms with Gasteiger partial charge in [0.1, 0.15) is 5.75 Å². The molecule has 0 amide bonds. The smallest absolute Gasteiger partial charge is 0.239 e. The van der Waals surface area contributed by atoms with Crippen molar-refractivity contribution >= 4 is 38.6 Å². The van der Waals surface area contributed by atoms with Gasteiger partial charge in [0.05, 0.1) is 10.7 Å². The number of sulfonamides is 1. The van der Waals surface area contributed by atoms with E-state index in [1.54, 1.807) is 12.1 Å². The van der Waals surface area contributed by atoms with Crippen LogP contribution in [0.2, 0.25) is 0 Å². The van der Waals surface area contributed by atoms with Gasteiger partial charge in [0.2, 0.25) is 10.0 Å². The lowest BCUT2D eigenvalue weighted by Crippen LogP contribution is -2.26. The maximum atomic E-state index is 11.7. The number of nitrogens with two attached hydrogens (primary N) is 1. The van der Waals surface area contributed by atoms with E-state index >= 15 is 0 Å². The lowest BCUT2D eigenvalue weighted by atomic mass is 10.2. The van der Waals surface area contributed by atoms with Crippen LogP contribution in [0.25, 0.3) is 0 Å². The van der Waals surface area contributed by atoms with Crippen molar-refractivity contribution in [2.24, 2.45) is 5.73 Å². The highest BCUT2D eigenvalue weighted by atomic mass is 32.2. The Morgan fingerprint density at radius 1 is 1.44 bits per heavy atom. The van der Waals surface area contributed by atoms with Crippen LogP contribution in [0, 0.1) is 6.92 Å². The molecule has 1 rings (SSSR count). The van der Waals surface area contributed by atoms with E-state index in [0.717, 1.165) is 11.3 Å². The van der Waals surface area contributed by atoms with E-state index in [4.69, 9.17) is 5.73 Å². The van der Waals surface area contributed by atoms with Gasteiger partial charge in [0.15, 0.2) is 0 Å². The van der Waals surface area contributed by atoms with E-state index in [1.807, 2.05) is 32.0 Å². The molecule has 0 bridgehead atoms. The van der Waals surface area contributed by atoms with Gasteiger partial charge in [-0.2, -0.15) is 0 Å². The van der Waals surface area contributed by atoms with Crippen molar-refractivity contribution in [3.8, 4) is 0 Å². The molecule has 1 aromatic carbocycles. The Bertz CT molecular complexity index is 553. The number of rotatable bonds is 5. The monoisotopic (exact) mass is 287 g/mol. The minimum Gasteiger partial charge on any atom is -0.392 e. The van der Waals surface area contributed by atoms with Gasteiger partial charge in [-0.1, -0.05) is 18.3 Å². The third kappa shape index (κ3) is 4.15. The molecule has 1 aromatic rings. The zero-order valence-electron chi connectivity index (χ0n) is 10.6. The molecule has 0 saturated heterocycles. The van der Waals surface area contributed by atoms with Gasteiger partial charge in [0, 0.05) is 19.8 Å². The first kappa shape index (κ1) is 14.7. The van der Waals surface area contributed by atoms with Gasteiger partial charge in [0.25, 0.3) is 0 Å². The molecule has 0 heterocycles. The van der Waals surface area contributed by atoms with Gasteiger partial charge < -0.3 is 10.6 Å². The molecule has 0 fully saturated rings. The molecule has 100 valence electrons. The predicted octanol–water partition coefficient (Wildman–Crippen LogP) is 1.09. The summed E-state index contributed by atoms with van der Waals surface area (Å²) in [5.74, 6) is -0.354. The number of thiocarbonyl (C=S) groups is 1. The van der Waals surface area contributed by atoms with E-state index in [0.29, 0.717) is 5.69 Å². The molecular formula is C11H17N3O2S2. The first-order valence-electron chi connectivity index (χ1n) is 5.28. The minimum absolute atomic E-state index is 0.0533. The van der Waals surface area contributed by atoms with Crippen molar-refractivity contribution in [2.75, 3.05) is 29.5 Å². The highest BCUT2D eigenvalue weighted by molar-refractivity contribution is 7.95. The molecule has 0 saturated carbocycles. The Labute approximate surface area is 113 Å². The maximum absolute atomic E-state index is 11.7. The Morgan fingerprint density at radius 3 is 2.56 bits per heavy atom. The van der Waals surface area contributed by atoms with Crippen LogP contribution in [0.15, 0.2) is 18.2 Å². The van der Waals surface area contributed by atoms with Crippen LogP contribution in [0.4, 0.5) is 11.4 Å². The summed E-state index contributed by atoms with van der Waals surface area (Å²) < 4.78 is 25.8. The van der Waals surface area contributed by atoms with Crippen LogP contribution < -0.4 is 15.4 Å². The third-order valence-corrected chi connectivity index (χ3v) is 3.86. The van der Waals surface area contributed by atoms with Crippen LogP contribution in [0.1, 0.15) is 5.56 Å². The highest BCUT2D eigenvalue weighted by Gasteiger charge is 2.13. The van der Waals surface area contributed by atoms with Gasteiger partial charge >= 0.3 is 0 Å². The van der Waals surface area contributed by atoms with E-state index in [-0.39, 0.29) is 10.7 Å². The molecule has 0 unspecified atom stereocenters. The second-order valence-electron chi connectivity index (χ2n) is 4.22. The summed E-state index contributed by atoms with van der Waals surface area (Å²) in [5.41, 5.74) is 7.76. The molecule has 0 aliphatic rings. The van der Waals surface area contributed by atoms with E-state index in [9.17, 15) is 8.42 Å². The molecule has 7 heteroatoms. The summed E-state index contributed by atoms with van der Waals surface area (Å²) in [6, 6.07) is 5.33. The van der Waals surface area contributed by atoms with Gasteiger partial charge in [-0.05, 0) is 24.6 Å². The van der Waals surface area contributed by atoms with E-state index < -0.39 is 10.0 Å². The molecule has 0 atom stereocenters. The standard InChI is InChI=1S/C11H17N3O2S2/c1-8-4-5-9(6-10(8)14(2)3)13-18(15,16)7-11(12)17/h4-6,13H,7H2,1-3H3,(H2,12,17). The molecule has 0 radical (unpaired) electrons. The van der Waals surface area contributed by atoms with Crippen LogP contribution >= 0.6 is 12.2 Å². The zero-order valence-corrected chi connectivity index (χ0v) is 12.2. The third-order valence-electron chi connectivity index (χ3n) is 2.30. The molecule has 3 N–H and O–H groups in total. The lowest BCUT2D eigenvalue weighted by molar-refractivity contribution is 0.605. The number of aryl methyl sites for hydroxylation is 1. The molecule has 0 aliphatic carbocycles. The van der Waals surface area contributed by atoms with Crippen LogP contribution in [-0.4, -0.2) is 33.3 Å². The van der Waals surface area contributed by atoms with Gasteiger partial charge in [-0.25, -0.2) is 8.42 Å². The number of hydrogen-bond acceptors (Lipinski definition) is 4. The first-order chi connectivity index (χ1) is 8.21. The number of anilines is 2. The lowest BCUT2D eigenvalue weighted by Gasteiger charge is -2.17. The number of benzene rings is 1. The second-order valence-corrected chi connectivity index (χ2v) is 6.47. The fourth-order valence-electron chi connectivity index (χ4n) is 1.56. The van der Waals surface area contributed by atoms with E-state index in [2.05, 4.69) is 16.9 Å². The molecule has 0 aromatic heterocycles. The van der Waals surface area contributed by atoms with Crippen LogP contribution in [0.5, 0.6) is 0 Å². The summed E-state index contributed by atoms with van der Waals surface area (Å²) in [4.78, 5) is 1.86. The van der Waals surface area contributed by atoms with Gasteiger partial charge in [-0.3, -0.25) is 4.72 Å². The summed E-state index contributed by atoms with van der Waals surface area (Å²) in [5, 5.41) is 0. The maximum Gasteiger partial charge on any atom is 0.239 e. The Balaban J connectivity index is 2.99. The predicted molar refractivity (Wildman–Crippen MR) is 79.7 cm³/mol. The molecule has 0 spiro atoms. The van der Waals surface area contributed by atoms with Gasteiger partial charge in [-0.15, -0.1) is 0 Å². The largest absolute Gasteiger partial charge is 0.392 e. The van der Waals surface area contributed by atoms with Crippen LogP contribution in [0.3, 0.4) is 0 Å². The average Bonchev–Trinajstić information content (AvgIpc) is 2.18. The summed E-state index contributed by atoms with van der Waals surface area (Å²) >= 11 is 4.60. The second kappa shape index (κ2) is 5.53. The SMILES string of the molecule is Cc1ccc(NS(=O)(=O)CC(N)=S)cc1N(C)C. The zero-order chi connectivity index (χ0) is 13.9. The minimum atomic E-state index is -3.52. The quantitative estimate of drug-likeness (QED) is 0.793. The van der Waals surface area contributed by atoms with Crippen molar-refractivity contribution in [3.63, 3.8) is 0 Å². The van der Waals surface area contributed by atoms with Crippen molar-refractivity contribution in [1.29, 1.82) is 0 Å². The Kier molecular flexibility index (Phi) is 4.53. The molecule has 0 aliphatic heterocycles. The molecule has 5 nitrogen and oxygen atoms in total. The fourth-order valence-corrected chi connectivity index (χ4v) is 2.96. The highest BCUT2D eigenvalue weighted by Crippen LogP contribution is 2.23. The summed E-state index contributed by atoms with van der Waals surface area (Å²) in [7, 11) is 0.273. The topological polar surface area (TPSA) is 75.4 Å². The number of hydrogen-bond donors (Lipinski definition) is 2. The normalized spacial score (nSPS) is 11.1. The first-order valence-corrected chi connectivity index (χ1v) is 7.34. The number of nitrogens with one attached hydrogen (secondary N) is 1. The summed E-state index contributed by atoms with van der Waals surface area (Å²) in [6.45, 7) is 1.96. The Hall–Kier alpha value is -1.34. The molecule has 18 heavy (non-hydrogen) atoms. The van der Waals surface area contributed by atoms with E-state index in [1.165, 1.54) is 0 Å². The van der Waals surface area contributed by atoms with Crippen molar-refractivity contribution in [1.82, 2.24) is 0 Å². The number of nitrogens with zero attached hydrogens (tertiary/aromatic N) is 1. The van der Waals surface area contributed by atoms with Crippen LogP contribution in [-0.2, 0) is 10.0 Å². The average molecular weight is 287 g/mol. The fraction of sp³-hybridized carbons (Fsp3) is 0.364. The van der Waals surface area contributed by atoms with Crippen molar-refractivity contribution in [3.05, 3.63) is 23.8 Å².